The van der Waals surface area contributed by atoms with Crippen LogP contribution >= 0.6 is 15.9 Å². The molecule has 17 heavy (non-hydrogen) atoms. The lowest BCUT2D eigenvalue weighted by atomic mass is 9.79. The van der Waals surface area contributed by atoms with Crippen LogP contribution < -0.4 is 0 Å². The van der Waals surface area contributed by atoms with Crippen molar-refractivity contribution in [3.8, 4) is 0 Å². The van der Waals surface area contributed by atoms with Crippen molar-refractivity contribution in [3.63, 3.8) is 0 Å². The number of alkyl halides is 1. The van der Waals surface area contributed by atoms with Crippen LogP contribution in [0.4, 0.5) is 0 Å². The van der Waals surface area contributed by atoms with Gasteiger partial charge in [-0.3, -0.25) is 0 Å². The maximum atomic E-state index is 11.6. The minimum atomic E-state index is -2.72. The van der Waals surface area contributed by atoms with E-state index in [1.807, 2.05) is 0 Å². The van der Waals surface area contributed by atoms with Crippen molar-refractivity contribution < 1.29 is 8.42 Å². The molecule has 2 nitrogen and oxygen atoms in total. The van der Waals surface area contributed by atoms with Gasteiger partial charge in [0.2, 0.25) is 0 Å². The van der Waals surface area contributed by atoms with Gasteiger partial charge in [0.25, 0.3) is 0 Å². The van der Waals surface area contributed by atoms with E-state index in [2.05, 4.69) is 15.9 Å². The van der Waals surface area contributed by atoms with Gasteiger partial charge in [-0.2, -0.15) is 0 Å². The zero-order chi connectivity index (χ0) is 12.3. The summed E-state index contributed by atoms with van der Waals surface area (Å²) in [5.41, 5.74) is 0. The maximum absolute atomic E-state index is 11.6. The monoisotopic (exact) mass is 322 g/mol. The van der Waals surface area contributed by atoms with Gasteiger partial charge in [0.15, 0.2) is 9.84 Å². The third-order valence-electron chi connectivity index (χ3n) is 4.56. The number of sulfone groups is 1. The molecule has 1 aliphatic heterocycles. The van der Waals surface area contributed by atoms with Crippen molar-refractivity contribution in [2.24, 2.45) is 17.8 Å². The summed E-state index contributed by atoms with van der Waals surface area (Å²) in [7, 11) is -2.72. The number of rotatable bonds is 3. The van der Waals surface area contributed by atoms with Crippen LogP contribution in [0.2, 0.25) is 0 Å². The molecule has 0 spiro atoms. The Bertz CT molecular complexity index is 331. The summed E-state index contributed by atoms with van der Waals surface area (Å²) < 4.78 is 23.2. The Labute approximate surface area is 114 Å². The topological polar surface area (TPSA) is 34.1 Å². The van der Waals surface area contributed by atoms with Crippen molar-refractivity contribution in [3.05, 3.63) is 0 Å². The lowest BCUT2D eigenvalue weighted by Gasteiger charge is -2.29. The first-order chi connectivity index (χ1) is 8.12. The van der Waals surface area contributed by atoms with Crippen LogP contribution in [0.15, 0.2) is 0 Å². The van der Waals surface area contributed by atoms with Crippen LogP contribution in [-0.2, 0) is 9.84 Å². The van der Waals surface area contributed by atoms with Crippen molar-refractivity contribution >= 4 is 25.8 Å². The van der Waals surface area contributed by atoms with Crippen molar-refractivity contribution in [2.45, 2.75) is 44.9 Å². The smallest absolute Gasteiger partial charge is 0.150 e. The first kappa shape index (κ1) is 13.9. The van der Waals surface area contributed by atoms with Gasteiger partial charge in [0.05, 0.1) is 11.5 Å². The number of hydrogen-bond acceptors (Lipinski definition) is 2. The minimum absolute atomic E-state index is 0.419. The zero-order valence-electron chi connectivity index (χ0n) is 10.4. The van der Waals surface area contributed by atoms with Crippen LogP contribution in [0.1, 0.15) is 44.9 Å². The first-order valence-corrected chi connectivity index (χ1v) is 9.83. The molecule has 100 valence electrons. The Hall–Kier alpha value is 0.430. The molecular formula is C13H23BrO2S. The summed E-state index contributed by atoms with van der Waals surface area (Å²) in [5, 5.41) is 0.984. The molecule has 4 heteroatoms. The molecule has 1 saturated heterocycles. The highest BCUT2D eigenvalue weighted by atomic mass is 79.9. The van der Waals surface area contributed by atoms with Gasteiger partial charge < -0.3 is 0 Å². The Morgan fingerprint density at radius 2 is 1.65 bits per heavy atom. The van der Waals surface area contributed by atoms with Gasteiger partial charge in [-0.1, -0.05) is 54.5 Å². The van der Waals surface area contributed by atoms with E-state index in [1.54, 1.807) is 0 Å². The van der Waals surface area contributed by atoms with Crippen LogP contribution in [0.5, 0.6) is 0 Å². The standard InChI is InChI=1S/C13H23BrO2S/c14-9-13(11-5-3-1-2-4-6-11)12-7-8-17(15,16)10-12/h11-13H,1-10H2. The Morgan fingerprint density at radius 3 is 2.12 bits per heavy atom. The number of halogens is 1. The molecule has 0 aromatic heterocycles. The molecule has 0 aromatic carbocycles. The highest BCUT2D eigenvalue weighted by Gasteiger charge is 2.36. The van der Waals surface area contributed by atoms with E-state index in [4.69, 9.17) is 0 Å². The van der Waals surface area contributed by atoms with Gasteiger partial charge in [0.1, 0.15) is 0 Å². The molecule has 0 bridgehead atoms. The number of hydrogen-bond donors (Lipinski definition) is 0. The van der Waals surface area contributed by atoms with Crippen LogP contribution in [-0.4, -0.2) is 25.3 Å². The minimum Gasteiger partial charge on any atom is -0.229 e. The molecule has 0 N–H and O–H groups in total. The molecular weight excluding hydrogens is 300 g/mol. The lowest BCUT2D eigenvalue weighted by Crippen LogP contribution is -2.26. The second-order valence-electron chi connectivity index (χ2n) is 5.73. The predicted molar refractivity (Wildman–Crippen MR) is 75.2 cm³/mol. The fourth-order valence-corrected chi connectivity index (χ4v) is 6.49. The molecule has 0 radical (unpaired) electrons. The predicted octanol–water partition coefficient (Wildman–Crippen LogP) is 3.40. The molecule has 0 amide bonds. The van der Waals surface area contributed by atoms with E-state index in [0.717, 1.165) is 17.7 Å². The molecule has 1 heterocycles. The lowest BCUT2D eigenvalue weighted by molar-refractivity contribution is 0.248. The summed E-state index contributed by atoms with van der Waals surface area (Å²) >= 11 is 3.63. The first-order valence-electron chi connectivity index (χ1n) is 6.89. The van der Waals surface area contributed by atoms with Gasteiger partial charge >= 0.3 is 0 Å². The fourth-order valence-electron chi connectivity index (χ4n) is 3.54. The highest BCUT2D eigenvalue weighted by Crippen LogP contribution is 2.38. The molecule has 2 aliphatic rings. The van der Waals surface area contributed by atoms with E-state index >= 15 is 0 Å². The van der Waals surface area contributed by atoms with Gasteiger partial charge in [-0.15, -0.1) is 0 Å². The van der Waals surface area contributed by atoms with Crippen LogP contribution in [0.3, 0.4) is 0 Å². The van der Waals surface area contributed by atoms with Crippen LogP contribution in [0.25, 0.3) is 0 Å². The second-order valence-corrected chi connectivity index (χ2v) is 8.61. The summed E-state index contributed by atoms with van der Waals surface area (Å²) in [5.74, 6) is 2.64. The molecule has 2 unspecified atom stereocenters. The summed E-state index contributed by atoms with van der Waals surface area (Å²) in [4.78, 5) is 0. The maximum Gasteiger partial charge on any atom is 0.150 e. The third-order valence-corrected chi connectivity index (χ3v) is 7.10. The fraction of sp³-hybridized carbons (Fsp3) is 1.00. The largest absolute Gasteiger partial charge is 0.229 e. The van der Waals surface area contributed by atoms with Crippen molar-refractivity contribution in [2.75, 3.05) is 16.8 Å². The van der Waals surface area contributed by atoms with E-state index in [1.165, 1.54) is 38.5 Å². The summed E-state index contributed by atoms with van der Waals surface area (Å²) in [6, 6.07) is 0. The molecule has 2 atom stereocenters. The van der Waals surface area contributed by atoms with Crippen molar-refractivity contribution in [1.82, 2.24) is 0 Å². The van der Waals surface area contributed by atoms with Crippen molar-refractivity contribution in [1.29, 1.82) is 0 Å². The molecule has 1 aliphatic carbocycles. The SMILES string of the molecule is O=S1(=O)CCC(C(CBr)C2CCCCCC2)C1. The highest BCUT2D eigenvalue weighted by molar-refractivity contribution is 9.09. The molecule has 2 rings (SSSR count). The molecule has 2 fully saturated rings. The Morgan fingerprint density at radius 1 is 1.00 bits per heavy atom. The van der Waals surface area contributed by atoms with E-state index in [9.17, 15) is 8.42 Å². The van der Waals surface area contributed by atoms with Crippen LogP contribution in [0, 0.1) is 17.8 Å². The normalized spacial score (nSPS) is 32.2. The van der Waals surface area contributed by atoms with Gasteiger partial charge in [-0.05, 0) is 24.2 Å². The molecule has 0 aromatic rings. The average Bonchev–Trinajstić information content (AvgIpc) is 2.53. The van der Waals surface area contributed by atoms with E-state index < -0.39 is 9.84 Å². The van der Waals surface area contributed by atoms with Gasteiger partial charge in [-0.25, -0.2) is 8.42 Å². The third kappa shape index (κ3) is 3.69. The molecule has 1 saturated carbocycles. The second kappa shape index (κ2) is 6.05. The zero-order valence-corrected chi connectivity index (χ0v) is 12.8. The summed E-state index contributed by atoms with van der Waals surface area (Å²) in [6.07, 6.45) is 8.94. The van der Waals surface area contributed by atoms with E-state index in [0.29, 0.717) is 23.3 Å². The quantitative estimate of drug-likeness (QED) is 0.589. The van der Waals surface area contributed by atoms with Gasteiger partial charge in [0, 0.05) is 5.33 Å². The Balaban J connectivity index is 2.00. The Kier molecular flexibility index (Phi) is 4.93. The van der Waals surface area contributed by atoms with E-state index in [-0.39, 0.29) is 0 Å². The summed E-state index contributed by atoms with van der Waals surface area (Å²) in [6.45, 7) is 0. The average molecular weight is 323 g/mol.